The average molecular weight is 296 g/mol. The number of thiazole rings is 1. The number of rotatable bonds is 3. The molecule has 2 N–H and O–H groups in total. The van der Waals surface area contributed by atoms with Crippen molar-refractivity contribution in [2.75, 3.05) is 5.32 Å². The number of carbonyl (C=O) groups excluding carboxylic acids is 1. The first-order chi connectivity index (χ1) is 10.2. The lowest BCUT2D eigenvalue weighted by Gasteiger charge is -2.01. The van der Waals surface area contributed by atoms with E-state index in [1.54, 1.807) is 24.3 Å². The summed E-state index contributed by atoms with van der Waals surface area (Å²) in [4.78, 5) is 16.2. The summed E-state index contributed by atoms with van der Waals surface area (Å²) in [5, 5.41) is 12.8. The number of nitrogens with zero attached hydrogens (tertiary/aromatic N) is 1. The van der Waals surface area contributed by atoms with Gasteiger partial charge in [-0.05, 0) is 30.3 Å². The number of carbonyl (C=O) groups is 1. The summed E-state index contributed by atoms with van der Waals surface area (Å²) in [6.45, 7) is 0. The Kier molecular flexibility index (Phi) is 3.66. The zero-order valence-electron chi connectivity index (χ0n) is 11.0. The summed E-state index contributed by atoms with van der Waals surface area (Å²) in [6.07, 6.45) is 3.12. The second-order valence-corrected chi connectivity index (χ2v) is 5.45. The fraction of sp³-hybridized carbons (Fsp3) is 0. The van der Waals surface area contributed by atoms with E-state index in [1.807, 2.05) is 24.3 Å². The van der Waals surface area contributed by atoms with Crippen LogP contribution in [0.1, 0.15) is 5.01 Å². The first-order valence-electron chi connectivity index (χ1n) is 6.34. The van der Waals surface area contributed by atoms with Crippen molar-refractivity contribution in [3.05, 3.63) is 59.6 Å². The Morgan fingerprint density at radius 2 is 2.05 bits per heavy atom. The van der Waals surface area contributed by atoms with Crippen LogP contribution in [0.5, 0.6) is 5.75 Å². The SMILES string of the molecule is O=C(/C=C/c1nc2ccccc2s1)Nc1cccc(O)c1. The Labute approximate surface area is 125 Å². The third-order valence-electron chi connectivity index (χ3n) is 2.80. The van der Waals surface area contributed by atoms with Crippen molar-refractivity contribution < 1.29 is 9.90 Å². The minimum absolute atomic E-state index is 0.114. The van der Waals surface area contributed by atoms with Crippen molar-refractivity contribution in [2.24, 2.45) is 0 Å². The van der Waals surface area contributed by atoms with Crippen molar-refractivity contribution >= 4 is 39.2 Å². The van der Waals surface area contributed by atoms with Crippen molar-refractivity contribution in [2.45, 2.75) is 0 Å². The summed E-state index contributed by atoms with van der Waals surface area (Å²) >= 11 is 1.53. The van der Waals surface area contributed by atoms with E-state index in [2.05, 4.69) is 10.3 Å². The van der Waals surface area contributed by atoms with Crippen LogP contribution in [0.3, 0.4) is 0 Å². The van der Waals surface area contributed by atoms with Gasteiger partial charge in [0.15, 0.2) is 0 Å². The molecular formula is C16H12N2O2S. The quantitative estimate of drug-likeness (QED) is 0.725. The molecule has 0 spiro atoms. The highest BCUT2D eigenvalue weighted by Crippen LogP contribution is 2.22. The number of para-hydroxylation sites is 1. The molecule has 0 aliphatic rings. The highest BCUT2D eigenvalue weighted by Gasteiger charge is 2.02. The minimum atomic E-state index is -0.264. The number of aromatic hydroxyl groups is 1. The van der Waals surface area contributed by atoms with Crippen LogP contribution in [0, 0.1) is 0 Å². The average Bonchev–Trinajstić information content (AvgIpc) is 2.88. The molecule has 0 aliphatic carbocycles. The van der Waals surface area contributed by atoms with E-state index >= 15 is 0 Å². The standard InChI is InChI=1S/C16H12N2O2S/c19-12-5-3-4-11(10-12)17-15(20)8-9-16-18-13-6-1-2-7-14(13)21-16/h1-10,19H,(H,17,20)/b9-8+. The minimum Gasteiger partial charge on any atom is -0.508 e. The molecule has 1 heterocycles. The maximum Gasteiger partial charge on any atom is 0.248 e. The van der Waals surface area contributed by atoms with Gasteiger partial charge in [-0.3, -0.25) is 4.79 Å². The maximum absolute atomic E-state index is 11.8. The molecule has 104 valence electrons. The molecule has 5 heteroatoms. The lowest BCUT2D eigenvalue weighted by Crippen LogP contribution is -2.07. The molecule has 4 nitrogen and oxygen atoms in total. The number of hydrogen-bond donors (Lipinski definition) is 2. The summed E-state index contributed by atoms with van der Waals surface area (Å²) in [5.41, 5.74) is 1.48. The summed E-state index contributed by atoms with van der Waals surface area (Å²) < 4.78 is 1.09. The second-order valence-electron chi connectivity index (χ2n) is 4.39. The van der Waals surface area contributed by atoms with Crippen molar-refractivity contribution in [3.8, 4) is 5.75 Å². The summed E-state index contributed by atoms with van der Waals surface area (Å²) in [6, 6.07) is 14.3. The molecule has 0 bridgehead atoms. The molecule has 3 aromatic rings. The van der Waals surface area contributed by atoms with Gasteiger partial charge in [0, 0.05) is 17.8 Å². The highest BCUT2D eigenvalue weighted by molar-refractivity contribution is 7.19. The van der Waals surface area contributed by atoms with Gasteiger partial charge in [-0.2, -0.15) is 0 Å². The molecule has 0 saturated carbocycles. The van der Waals surface area contributed by atoms with E-state index in [9.17, 15) is 9.90 Å². The van der Waals surface area contributed by atoms with E-state index in [-0.39, 0.29) is 11.7 Å². The second kappa shape index (κ2) is 5.76. The van der Waals surface area contributed by atoms with E-state index in [0.717, 1.165) is 15.2 Å². The number of amides is 1. The zero-order valence-corrected chi connectivity index (χ0v) is 11.8. The van der Waals surface area contributed by atoms with Crippen molar-refractivity contribution in [1.82, 2.24) is 4.98 Å². The van der Waals surface area contributed by atoms with E-state index in [4.69, 9.17) is 0 Å². The van der Waals surface area contributed by atoms with Crippen LogP contribution in [-0.4, -0.2) is 16.0 Å². The predicted molar refractivity (Wildman–Crippen MR) is 85.4 cm³/mol. The van der Waals surface area contributed by atoms with Gasteiger partial charge >= 0.3 is 0 Å². The van der Waals surface area contributed by atoms with Crippen molar-refractivity contribution in [1.29, 1.82) is 0 Å². The third kappa shape index (κ3) is 3.27. The number of phenols is 1. The Morgan fingerprint density at radius 3 is 2.86 bits per heavy atom. The number of fused-ring (bicyclic) bond motifs is 1. The van der Waals surface area contributed by atoms with Crippen LogP contribution in [0.25, 0.3) is 16.3 Å². The first kappa shape index (κ1) is 13.3. The van der Waals surface area contributed by atoms with Gasteiger partial charge in [0.25, 0.3) is 0 Å². The summed E-state index contributed by atoms with van der Waals surface area (Å²) in [5.74, 6) is -0.150. The Bertz CT molecular complexity index is 791. The number of phenolic OH excluding ortho intramolecular Hbond substituents is 1. The van der Waals surface area contributed by atoms with Gasteiger partial charge in [0.2, 0.25) is 5.91 Å². The van der Waals surface area contributed by atoms with E-state index in [1.165, 1.54) is 23.5 Å². The zero-order chi connectivity index (χ0) is 14.7. The molecule has 0 unspecified atom stereocenters. The van der Waals surface area contributed by atoms with Gasteiger partial charge in [-0.1, -0.05) is 18.2 Å². The molecule has 0 aliphatic heterocycles. The molecule has 2 aromatic carbocycles. The molecule has 1 aromatic heterocycles. The van der Waals surface area contributed by atoms with Crippen LogP contribution in [0.15, 0.2) is 54.6 Å². The predicted octanol–water partition coefficient (Wildman–Crippen LogP) is 3.65. The number of aromatic nitrogens is 1. The molecule has 0 saturated heterocycles. The normalized spacial score (nSPS) is 11.0. The topological polar surface area (TPSA) is 62.2 Å². The lowest BCUT2D eigenvalue weighted by atomic mass is 10.3. The fourth-order valence-electron chi connectivity index (χ4n) is 1.88. The third-order valence-corrected chi connectivity index (χ3v) is 3.80. The van der Waals surface area contributed by atoms with Crippen LogP contribution in [0.4, 0.5) is 5.69 Å². The lowest BCUT2D eigenvalue weighted by molar-refractivity contribution is -0.111. The van der Waals surface area contributed by atoms with E-state index in [0.29, 0.717) is 5.69 Å². The Balaban J connectivity index is 1.71. The Morgan fingerprint density at radius 1 is 1.19 bits per heavy atom. The first-order valence-corrected chi connectivity index (χ1v) is 7.16. The van der Waals surface area contributed by atoms with E-state index < -0.39 is 0 Å². The smallest absolute Gasteiger partial charge is 0.248 e. The van der Waals surface area contributed by atoms with Gasteiger partial charge in [0.1, 0.15) is 10.8 Å². The molecular weight excluding hydrogens is 284 g/mol. The molecule has 3 rings (SSSR count). The Hall–Kier alpha value is -2.66. The monoisotopic (exact) mass is 296 g/mol. The van der Waals surface area contributed by atoms with Crippen LogP contribution in [0.2, 0.25) is 0 Å². The van der Waals surface area contributed by atoms with Crippen molar-refractivity contribution in [3.63, 3.8) is 0 Å². The number of benzene rings is 2. The van der Waals surface area contributed by atoms with Crippen LogP contribution in [-0.2, 0) is 4.79 Å². The summed E-state index contributed by atoms with van der Waals surface area (Å²) in [7, 11) is 0. The van der Waals surface area contributed by atoms with Gasteiger partial charge in [-0.25, -0.2) is 4.98 Å². The van der Waals surface area contributed by atoms with Gasteiger partial charge in [-0.15, -0.1) is 11.3 Å². The number of anilines is 1. The molecule has 0 radical (unpaired) electrons. The number of hydrogen-bond acceptors (Lipinski definition) is 4. The van der Waals surface area contributed by atoms with Crippen LogP contribution < -0.4 is 5.32 Å². The number of nitrogens with one attached hydrogen (secondary N) is 1. The fourth-order valence-corrected chi connectivity index (χ4v) is 2.75. The molecule has 1 amide bonds. The molecule has 21 heavy (non-hydrogen) atoms. The molecule has 0 fully saturated rings. The maximum atomic E-state index is 11.8. The largest absolute Gasteiger partial charge is 0.508 e. The van der Waals surface area contributed by atoms with Crippen LogP contribution >= 0.6 is 11.3 Å². The molecule has 0 atom stereocenters. The highest BCUT2D eigenvalue weighted by atomic mass is 32.1. The van der Waals surface area contributed by atoms with Gasteiger partial charge < -0.3 is 10.4 Å². The van der Waals surface area contributed by atoms with Gasteiger partial charge in [0.05, 0.1) is 10.2 Å².